The zero-order valence-corrected chi connectivity index (χ0v) is 16.0. The van der Waals surface area contributed by atoms with E-state index in [1.807, 2.05) is 0 Å². The van der Waals surface area contributed by atoms with Crippen molar-refractivity contribution in [3.8, 4) is 0 Å². The Morgan fingerprint density at radius 1 is 0.966 bits per heavy atom. The van der Waals surface area contributed by atoms with Crippen molar-refractivity contribution in [2.24, 2.45) is 10.8 Å². The van der Waals surface area contributed by atoms with Crippen LogP contribution in [-0.2, 0) is 47.7 Å². The second kappa shape index (κ2) is 9.71. The van der Waals surface area contributed by atoms with Crippen LogP contribution in [-0.4, -0.2) is 66.5 Å². The van der Waals surface area contributed by atoms with Gasteiger partial charge in [0.1, 0.15) is 12.7 Å². The topological polar surface area (TPSA) is 206 Å². The van der Waals surface area contributed by atoms with Crippen LogP contribution >= 0.6 is 0 Å². The quantitative estimate of drug-likeness (QED) is 0.180. The molecule has 0 saturated carbocycles. The first-order chi connectivity index (χ1) is 13.4. The second-order valence-electron chi connectivity index (χ2n) is 5.89. The Balaban J connectivity index is 3.64. The fraction of sp³-hybridized carbons (Fsp3) is 0.667. The van der Waals surface area contributed by atoms with Gasteiger partial charge in [-0.3, -0.25) is 24.0 Å². The third-order valence-electron chi connectivity index (χ3n) is 3.60. The fourth-order valence-corrected chi connectivity index (χ4v) is 2.68. The summed E-state index contributed by atoms with van der Waals surface area (Å²) in [6, 6.07) is 0. The van der Waals surface area contributed by atoms with Crippen molar-refractivity contribution in [1.29, 1.82) is 0 Å². The van der Waals surface area contributed by atoms with E-state index in [0.29, 0.717) is 0 Å². The van der Waals surface area contributed by atoms with E-state index in [-0.39, 0.29) is 0 Å². The number of amides is 1. The van der Waals surface area contributed by atoms with Gasteiger partial charge >= 0.3 is 23.9 Å². The van der Waals surface area contributed by atoms with Crippen LogP contribution < -0.4 is 5.73 Å². The van der Waals surface area contributed by atoms with E-state index in [1.54, 1.807) is 0 Å². The molecule has 0 bridgehead atoms. The van der Waals surface area contributed by atoms with E-state index in [0.717, 1.165) is 27.7 Å². The van der Waals surface area contributed by atoms with Crippen molar-refractivity contribution in [2.45, 2.75) is 57.8 Å². The molecule has 29 heavy (non-hydrogen) atoms. The van der Waals surface area contributed by atoms with Crippen molar-refractivity contribution in [1.82, 2.24) is 0 Å². The smallest absolute Gasteiger partial charge is 0.303 e. The monoisotopic (exact) mass is 416 g/mol. The number of nitrogens with two attached hydrogens (primary N) is 1. The molecule has 1 heterocycles. The van der Waals surface area contributed by atoms with Crippen LogP contribution in [0.4, 0.5) is 0 Å². The van der Waals surface area contributed by atoms with Crippen LogP contribution in [0.25, 0.3) is 10.4 Å². The summed E-state index contributed by atoms with van der Waals surface area (Å²) in [5.74, 6) is -4.91. The van der Waals surface area contributed by atoms with Gasteiger partial charge in [-0.25, -0.2) is 0 Å². The number of rotatable bonds is 7. The van der Waals surface area contributed by atoms with Gasteiger partial charge in [0.2, 0.25) is 0 Å². The molecule has 1 amide bonds. The molecule has 14 nitrogen and oxygen atoms in total. The lowest BCUT2D eigenvalue weighted by Gasteiger charge is -2.47. The summed E-state index contributed by atoms with van der Waals surface area (Å²) in [5, 5.41) is 3.23. The molecule has 14 heteroatoms. The Morgan fingerprint density at radius 3 is 1.90 bits per heavy atom. The average Bonchev–Trinajstić information content (AvgIpc) is 2.57. The van der Waals surface area contributed by atoms with E-state index < -0.39 is 66.5 Å². The van der Waals surface area contributed by atoms with Crippen LogP contribution in [0.2, 0.25) is 0 Å². The highest BCUT2D eigenvalue weighted by Crippen LogP contribution is 2.37. The Labute approximate surface area is 164 Å². The van der Waals surface area contributed by atoms with Gasteiger partial charge in [0, 0.05) is 32.6 Å². The Morgan fingerprint density at radius 2 is 1.48 bits per heavy atom. The molecule has 0 aromatic heterocycles. The number of azide groups is 1. The highest BCUT2D eigenvalue weighted by atomic mass is 16.7. The minimum Gasteiger partial charge on any atom is -0.463 e. The maximum Gasteiger partial charge on any atom is 0.303 e. The SMILES string of the molecule is CC(=O)OCC1OC(N=[N+]=[N-])(C(N)=O)C(OC(C)=O)C(OC(C)=O)C1OC(C)=O. The van der Waals surface area contributed by atoms with Crippen LogP contribution in [0.1, 0.15) is 27.7 Å². The molecule has 0 radical (unpaired) electrons. The summed E-state index contributed by atoms with van der Waals surface area (Å²) in [6.07, 6.45) is -6.58. The fourth-order valence-electron chi connectivity index (χ4n) is 2.68. The minimum atomic E-state index is -2.69. The van der Waals surface area contributed by atoms with Crippen LogP contribution in [0.3, 0.4) is 0 Å². The Bertz CT molecular complexity index is 745. The summed E-state index contributed by atoms with van der Waals surface area (Å²) in [6.45, 7) is 3.44. The predicted octanol–water partition coefficient (Wildman–Crippen LogP) is -0.765. The molecule has 1 fully saturated rings. The van der Waals surface area contributed by atoms with Gasteiger partial charge < -0.3 is 29.4 Å². The highest BCUT2D eigenvalue weighted by molar-refractivity contribution is 5.85. The number of esters is 4. The molecular formula is C15H20N4O10. The van der Waals surface area contributed by atoms with Crippen molar-refractivity contribution < 1.29 is 47.7 Å². The number of ether oxygens (including phenoxy) is 5. The normalized spacial score (nSPS) is 28.3. The van der Waals surface area contributed by atoms with E-state index in [9.17, 15) is 24.0 Å². The van der Waals surface area contributed by atoms with Crippen molar-refractivity contribution >= 4 is 29.8 Å². The summed E-state index contributed by atoms with van der Waals surface area (Å²) < 4.78 is 25.5. The molecule has 5 unspecified atom stereocenters. The summed E-state index contributed by atoms with van der Waals surface area (Å²) in [5.41, 5.74) is 11.6. The van der Waals surface area contributed by atoms with Gasteiger partial charge in [0.25, 0.3) is 11.6 Å². The van der Waals surface area contributed by atoms with Crippen LogP contribution in [0, 0.1) is 0 Å². The predicted molar refractivity (Wildman–Crippen MR) is 89.2 cm³/mol. The van der Waals surface area contributed by atoms with Gasteiger partial charge in [-0.15, -0.1) is 0 Å². The zero-order chi connectivity index (χ0) is 22.4. The largest absolute Gasteiger partial charge is 0.463 e. The first kappa shape index (κ1) is 23.7. The number of hydrogen-bond acceptors (Lipinski definition) is 11. The number of hydrogen-bond donors (Lipinski definition) is 1. The number of primary amides is 1. The van der Waals surface area contributed by atoms with E-state index in [4.69, 9.17) is 34.9 Å². The summed E-state index contributed by atoms with van der Waals surface area (Å²) in [4.78, 5) is 60.7. The van der Waals surface area contributed by atoms with Gasteiger partial charge in [0.15, 0.2) is 18.3 Å². The lowest BCUT2D eigenvalue weighted by atomic mass is 9.89. The Kier molecular flexibility index (Phi) is 7.92. The standard InChI is InChI=1S/C15H20N4O10/c1-6(20)25-5-10-11(26-7(2)21)12(27-8(3)22)13(28-9(4)23)15(29-10,14(16)24)18-19-17/h10-13H,5H2,1-4H3,(H2,16,24). The molecule has 0 aromatic rings. The number of nitrogens with zero attached hydrogens (tertiary/aromatic N) is 3. The van der Waals surface area contributed by atoms with Crippen LogP contribution in [0.5, 0.6) is 0 Å². The minimum absolute atomic E-state index is 0.603. The van der Waals surface area contributed by atoms with Crippen molar-refractivity contribution in [3.63, 3.8) is 0 Å². The van der Waals surface area contributed by atoms with E-state index in [2.05, 4.69) is 10.0 Å². The van der Waals surface area contributed by atoms with Crippen molar-refractivity contribution in [3.05, 3.63) is 10.4 Å². The molecule has 0 aromatic carbocycles. The molecule has 1 saturated heterocycles. The average molecular weight is 416 g/mol. The van der Waals surface area contributed by atoms with Gasteiger partial charge in [-0.05, 0) is 10.6 Å². The Hall–Kier alpha value is -3.38. The van der Waals surface area contributed by atoms with Crippen molar-refractivity contribution in [2.75, 3.05) is 6.61 Å². The zero-order valence-electron chi connectivity index (χ0n) is 16.0. The van der Waals surface area contributed by atoms with Crippen LogP contribution in [0.15, 0.2) is 5.11 Å². The highest BCUT2D eigenvalue weighted by Gasteiger charge is 2.63. The van der Waals surface area contributed by atoms with Gasteiger partial charge in [0.05, 0.1) is 0 Å². The molecule has 5 atom stereocenters. The molecule has 160 valence electrons. The first-order valence-electron chi connectivity index (χ1n) is 8.13. The molecule has 2 N–H and O–H groups in total. The molecular weight excluding hydrogens is 396 g/mol. The van der Waals surface area contributed by atoms with E-state index >= 15 is 0 Å². The molecule has 0 aliphatic carbocycles. The number of carbonyl (C=O) groups is 5. The lowest BCUT2D eigenvalue weighted by Crippen LogP contribution is -2.71. The molecule has 0 spiro atoms. The van der Waals surface area contributed by atoms with Gasteiger partial charge in [-0.2, -0.15) is 0 Å². The van der Waals surface area contributed by atoms with Gasteiger partial charge in [-0.1, -0.05) is 0 Å². The third kappa shape index (κ3) is 5.80. The van der Waals surface area contributed by atoms with E-state index in [1.165, 1.54) is 0 Å². The first-order valence-corrected chi connectivity index (χ1v) is 8.13. The lowest BCUT2D eigenvalue weighted by molar-refractivity contribution is -0.276. The number of carbonyl (C=O) groups excluding carboxylic acids is 5. The third-order valence-corrected chi connectivity index (χ3v) is 3.60. The molecule has 1 rings (SSSR count). The summed E-state index contributed by atoms with van der Waals surface area (Å²) in [7, 11) is 0. The summed E-state index contributed by atoms with van der Waals surface area (Å²) >= 11 is 0. The maximum absolute atomic E-state index is 12.2. The maximum atomic E-state index is 12.2. The second-order valence-corrected chi connectivity index (χ2v) is 5.89. The molecule has 1 aliphatic rings. The molecule has 1 aliphatic heterocycles.